The van der Waals surface area contributed by atoms with E-state index in [1.807, 2.05) is 12.1 Å². The van der Waals surface area contributed by atoms with Crippen molar-refractivity contribution in [1.29, 1.82) is 0 Å². The molecular weight excluding hydrogens is 152 g/mol. The second-order valence-corrected chi connectivity index (χ2v) is 2.62. The Bertz CT molecular complexity index is 383. The van der Waals surface area contributed by atoms with Gasteiger partial charge in [0.1, 0.15) is 0 Å². The van der Waals surface area contributed by atoms with Gasteiger partial charge in [0, 0.05) is 30.2 Å². The first-order valence-electron chi connectivity index (χ1n) is 3.76. The van der Waals surface area contributed by atoms with Crippen LogP contribution in [0.5, 0.6) is 0 Å². The van der Waals surface area contributed by atoms with Crippen LogP contribution >= 0.6 is 0 Å². The summed E-state index contributed by atoms with van der Waals surface area (Å²) in [6, 6.07) is 1.89. The molecule has 3 heteroatoms. The number of amides is 1. The van der Waals surface area contributed by atoms with Gasteiger partial charge in [-0.3, -0.25) is 9.78 Å². The fourth-order valence-corrected chi connectivity index (χ4v) is 1.14. The molecule has 1 aromatic rings. The predicted molar refractivity (Wildman–Crippen MR) is 45.2 cm³/mol. The quantitative estimate of drug-likeness (QED) is 0.535. The molecule has 2 heterocycles. The van der Waals surface area contributed by atoms with Crippen molar-refractivity contribution in [1.82, 2.24) is 10.3 Å². The van der Waals surface area contributed by atoms with Crippen molar-refractivity contribution in [3.63, 3.8) is 0 Å². The lowest BCUT2D eigenvalue weighted by atomic mass is 10.3. The van der Waals surface area contributed by atoms with Crippen molar-refractivity contribution in [3.8, 4) is 0 Å². The molecule has 12 heavy (non-hydrogen) atoms. The van der Waals surface area contributed by atoms with E-state index >= 15 is 0 Å². The van der Waals surface area contributed by atoms with Gasteiger partial charge in [-0.25, -0.2) is 0 Å². The molecule has 0 spiro atoms. The lowest BCUT2D eigenvalue weighted by Gasteiger charge is -1.89. The number of nitrogens with one attached hydrogen (secondary N) is 1. The summed E-state index contributed by atoms with van der Waals surface area (Å²) in [6.45, 7) is 0. The van der Waals surface area contributed by atoms with E-state index in [2.05, 4.69) is 10.3 Å². The van der Waals surface area contributed by atoms with Crippen molar-refractivity contribution >= 4 is 18.2 Å². The molecule has 0 fully saturated rings. The number of rotatable bonds is 0. The number of hydrogen-bond donors (Lipinski definition) is 1. The molecule has 0 saturated carbocycles. The Labute approximate surface area is 69.4 Å². The van der Waals surface area contributed by atoms with Crippen LogP contribution in [0, 0.1) is 0 Å². The summed E-state index contributed by atoms with van der Waals surface area (Å²) in [4.78, 5) is 14.9. The van der Waals surface area contributed by atoms with Gasteiger partial charge in [0.15, 0.2) is 0 Å². The Kier molecular flexibility index (Phi) is 1.63. The third-order valence-corrected chi connectivity index (χ3v) is 1.78. The molecule has 1 aliphatic heterocycles. The lowest BCUT2D eigenvalue weighted by Crippen LogP contribution is -2.25. The van der Waals surface area contributed by atoms with E-state index in [9.17, 15) is 4.79 Å². The van der Waals surface area contributed by atoms with Gasteiger partial charge in [-0.1, -0.05) is 6.08 Å². The van der Waals surface area contributed by atoms with Gasteiger partial charge in [0.25, 0.3) is 0 Å². The number of carbonyl (C=O) groups excluding carboxylic acids is 1. The van der Waals surface area contributed by atoms with E-state index < -0.39 is 0 Å². The van der Waals surface area contributed by atoms with E-state index in [1.54, 1.807) is 18.6 Å². The van der Waals surface area contributed by atoms with Crippen LogP contribution in [0.15, 0.2) is 18.5 Å². The average molecular weight is 160 g/mol. The summed E-state index contributed by atoms with van der Waals surface area (Å²) >= 11 is 0. The summed E-state index contributed by atoms with van der Waals surface area (Å²) in [5.74, 6) is 0.0196. The largest absolute Gasteiger partial charge is 0.332 e. The molecular formula is C9H8N2O. The molecule has 1 aromatic heterocycles. The van der Waals surface area contributed by atoms with Gasteiger partial charge in [0.05, 0.1) is 0 Å². The van der Waals surface area contributed by atoms with Crippen molar-refractivity contribution in [2.45, 2.75) is 6.42 Å². The third-order valence-electron chi connectivity index (χ3n) is 1.78. The van der Waals surface area contributed by atoms with E-state index in [0.717, 1.165) is 10.4 Å². The minimum absolute atomic E-state index is 0.0196. The molecule has 1 amide bonds. The molecule has 0 atom stereocenters. The van der Waals surface area contributed by atoms with Crippen LogP contribution in [-0.2, 0) is 4.79 Å². The van der Waals surface area contributed by atoms with Crippen molar-refractivity contribution in [2.24, 2.45) is 0 Å². The zero-order valence-electron chi connectivity index (χ0n) is 6.45. The van der Waals surface area contributed by atoms with Crippen LogP contribution in [0.2, 0.25) is 0 Å². The molecule has 2 rings (SSSR count). The summed E-state index contributed by atoms with van der Waals surface area (Å²) in [5, 5.41) is 4.69. The Balaban J connectivity index is 2.69. The smallest absolute Gasteiger partial charge is 0.227 e. The molecule has 1 N–H and O–H groups in total. The van der Waals surface area contributed by atoms with E-state index in [4.69, 9.17) is 0 Å². The van der Waals surface area contributed by atoms with Gasteiger partial charge in [0.2, 0.25) is 5.91 Å². The normalized spacial score (nSPS) is 14.8. The number of carbonyl (C=O) groups is 1. The molecule has 0 bridgehead atoms. The number of aromatic nitrogens is 1. The average Bonchev–Trinajstić information content (AvgIpc) is 2.29. The van der Waals surface area contributed by atoms with Crippen LogP contribution in [0.1, 0.15) is 6.42 Å². The Morgan fingerprint density at radius 1 is 1.42 bits per heavy atom. The Hall–Kier alpha value is -1.64. The highest BCUT2D eigenvalue weighted by Crippen LogP contribution is 1.83. The summed E-state index contributed by atoms with van der Waals surface area (Å²) < 4.78 is 0. The number of pyridine rings is 1. The van der Waals surface area contributed by atoms with Crippen LogP contribution in [0.4, 0.5) is 0 Å². The van der Waals surface area contributed by atoms with Gasteiger partial charge >= 0.3 is 0 Å². The van der Waals surface area contributed by atoms with Gasteiger partial charge in [-0.15, -0.1) is 0 Å². The monoisotopic (exact) mass is 160 g/mol. The number of fused-ring (bicyclic) bond motifs is 1. The third kappa shape index (κ3) is 1.21. The first-order chi connectivity index (χ1) is 5.86. The molecule has 1 aliphatic rings. The number of nitrogens with zero attached hydrogens (tertiary/aromatic N) is 1. The van der Waals surface area contributed by atoms with Crippen molar-refractivity contribution in [2.75, 3.05) is 0 Å². The Morgan fingerprint density at radius 3 is 3.25 bits per heavy atom. The first-order valence-corrected chi connectivity index (χ1v) is 3.76. The van der Waals surface area contributed by atoms with E-state index in [0.29, 0.717) is 6.42 Å². The van der Waals surface area contributed by atoms with E-state index in [-0.39, 0.29) is 5.91 Å². The fourth-order valence-electron chi connectivity index (χ4n) is 1.14. The zero-order valence-corrected chi connectivity index (χ0v) is 6.45. The fraction of sp³-hybridized carbons (Fsp3) is 0.111. The molecule has 0 aromatic carbocycles. The van der Waals surface area contributed by atoms with Gasteiger partial charge in [-0.2, -0.15) is 0 Å². The van der Waals surface area contributed by atoms with Crippen LogP contribution in [0.3, 0.4) is 0 Å². The lowest BCUT2D eigenvalue weighted by molar-refractivity contribution is -0.118. The minimum Gasteiger partial charge on any atom is -0.332 e. The zero-order chi connectivity index (χ0) is 8.39. The predicted octanol–water partition coefficient (Wildman–Crippen LogP) is -0.880. The van der Waals surface area contributed by atoms with Crippen LogP contribution < -0.4 is 15.8 Å². The maximum atomic E-state index is 11.0. The van der Waals surface area contributed by atoms with Crippen LogP contribution in [-0.4, -0.2) is 10.9 Å². The molecule has 3 nitrogen and oxygen atoms in total. The molecule has 60 valence electrons. The second kappa shape index (κ2) is 2.77. The highest BCUT2D eigenvalue weighted by Gasteiger charge is 1.98. The maximum Gasteiger partial charge on any atom is 0.227 e. The van der Waals surface area contributed by atoms with Gasteiger partial charge in [-0.05, 0) is 11.3 Å². The van der Waals surface area contributed by atoms with Crippen LogP contribution in [0.25, 0.3) is 12.3 Å². The van der Waals surface area contributed by atoms with Gasteiger partial charge < -0.3 is 5.32 Å². The SMILES string of the molecule is O=C1CC=c2ccncc2=CN1. The standard InChI is InChI=1S/C9H8N2O/c12-9-2-1-7-3-4-10-5-8(7)6-11-9/h1,3-6H,2H2,(H,11,12). The summed E-state index contributed by atoms with van der Waals surface area (Å²) in [5.41, 5.74) is 0. The highest BCUT2D eigenvalue weighted by atomic mass is 16.1. The second-order valence-electron chi connectivity index (χ2n) is 2.62. The van der Waals surface area contributed by atoms with E-state index in [1.165, 1.54) is 0 Å². The molecule has 0 saturated heterocycles. The minimum atomic E-state index is 0.0196. The molecule has 0 radical (unpaired) electrons. The first kappa shape index (κ1) is 7.03. The molecule has 0 unspecified atom stereocenters. The number of hydrogen-bond acceptors (Lipinski definition) is 2. The van der Waals surface area contributed by atoms with Crippen molar-refractivity contribution < 1.29 is 4.79 Å². The summed E-state index contributed by atoms with van der Waals surface area (Å²) in [7, 11) is 0. The highest BCUT2D eigenvalue weighted by molar-refractivity contribution is 5.84. The summed E-state index contributed by atoms with van der Waals surface area (Å²) in [6.07, 6.45) is 7.48. The maximum absolute atomic E-state index is 11.0. The van der Waals surface area contributed by atoms with Crippen molar-refractivity contribution in [3.05, 3.63) is 28.9 Å². The Morgan fingerprint density at radius 2 is 2.33 bits per heavy atom. The topological polar surface area (TPSA) is 42.0 Å². The molecule has 0 aliphatic carbocycles.